The maximum Gasteiger partial charge on any atom is 0.178 e. The first-order chi connectivity index (χ1) is 21.4. The predicted octanol–water partition coefficient (Wildman–Crippen LogP) is 8.48. The van der Waals surface area contributed by atoms with Gasteiger partial charge in [-0.3, -0.25) is 0 Å². The lowest BCUT2D eigenvalue weighted by Crippen LogP contribution is -2.71. The number of aromatic nitrogens is 2. The van der Waals surface area contributed by atoms with Gasteiger partial charge in [-0.25, -0.2) is 9.97 Å². The molecule has 0 bridgehead atoms. The number of rotatable bonds is 4. The standard InChI is InChI=1S/C38H36N6/c1-6-37(3)28-19-11-13-21-30(28)43-32-23-15-14-22-31(32)42(27-17-8-7-9-18-27)36(43)38(37,4)35-41(5)33-34(40-25-24-39-33)44(35)29-20-12-10-16-26(29)2/h6-25,35-36H,1H2,2-5H3. The number of hydrogen-bond donors (Lipinski definition) is 0. The highest BCUT2D eigenvalue weighted by Gasteiger charge is 2.67. The molecule has 6 nitrogen and oxygen atoms in total. The molecule has 8 rings (SSSR count). The van der Waals surface area contributed by atoms with E-state index in [2.05, 4.69) is 163 Å². The van der Waals surface area contributed by atoms with Crippen LogP contribution in [0.25, 0.3) is 0 Å². The minimum atomic E-state index is -0.516. The number of allylic oxidation sites excluding steroid dienone is 1. The molecule has 4 unspecified atom stereocenters. The van der Waals surface area contributed by atoms with Crippen molar-refractivity contribution in [1.82, 2.24) is 9.97 Å². The molecule has 4 heterocycles. The van der Waals surface area contributed by atoms with E-state index in [4.69, 9.17) is 9.97 Å². The molecular formula is C38H36N6. The van der Waals surface area contributed by atoms with Gasteiger partial charge in [-0.1, -0.05) is 86.7 Å². The number of nitrogens with zero attached hydrogens (tertiary/aromatic N) is 6. The summed E-state index contributed by atoms with van der Waals surface area (Å²) in [5.74, 6) is 1.75. The van der Waals surface area contributed by atoms with Gasteiger partial charge in [0.1, 0.15) is 12.3 Å². The number of anilines is 7. The maximum absolute atomic E-state index is 4.97. The Morgan fingerprint density at radius 2 is 1.20 bits per heavy atom. The third kappa shape index (κ3) is 3.25. The number of para-hydroxylation sites is 5. The van der Waals surface area contributed by atoms with Crippen LogP contribution in [0.3, 0.4) is 0 Å². The first-order valence-corrected chi connectivity index (χ1v) is 15.3. The molecule has 3 aliphatic heterocycles. The van der Waals surface area contributed by atoms with Crippen LogP contribution in [0.4, 0.5) is 40.1 Å². The quantitative estimate of drug-likeness (QED) is 0.200. The summed E-state index contributed by atoms with van der Waals surface area (Å²) < 4.78 is 0. The van der Waals surface area contributed by atoms with Crippen LogP contribution in [0.15, 0.2) is 128 Å². The molecule has 218 valence electrons. The van der Waals surface area contributed by atoms with Crippen LogP contribution in [-0.4, -0.2) is 29.3 Å². The van der Waals surface area contributed by atoms with E-state index in [-0.39, 0.29) is 12.3 Å². The Balaban J connectivity index is 1.48. The zero-order valence-electron chi connectivity index (χ0n) is 25.6. The van der Waals surface area contributed by atoms with Crippen molar-refractivity contribution in [3.63, 3.8) is 0 Å². The van der Waals surface area contributed by atoms with E-state index in [9.17, 15) is 0 Å². The number of hydrogen-bond acceptors (Lipinski definition) is 6. The maximum atomic E-state index is 4.97. The fourth-order valence-corrected chi connectivity index (χ4v) is 8.23. The summed E-state index contributed by atoms with van der Waals surface area (Å²) in [6.07, 6.45) is 5.49. The molecule has 4 atom stereocenters. The minimum Gasteiger partial charge on any atom is -0.335 e. The first-order valence-electron chi connectivity index (χ1n) is 15.3. The highest BCUT2D eigenvalue weighted by Crippen LogP contribution is 2.66. The summed E-state index contributed by atoms with van der Waals surface area (Å²) >= 11 is 0. The van der Waals surface area contributed by atoms with Crippen molar-refractivity contribution in [3.8, 4) is 0 Å². The molecule has 0 fully saturated rings. The molecular weight excluding hydrogens is 540 g/mol. The largest absolute Gasteiger partial charge is 0.335 e. The lowest BCUT2D eigenvalue weighted by Gasteiger charge is -2.62. The molecule has 4 aromatic carbocycles. The zero-order valence-corrected chi connectivity index (χ0v) is 25.6. The van der Waals surface area contributed by atoms with Gasteiger partial charge in [0.25, 0.3) is 0 Å². The summed E-state index contributed by atoms with van der Waals surface area (Å²) in [7, 11) is 2.17. The summed E-state index contributed by atoms with van der Waals surface area (Å²) in [5, 5.41) is 0. The van der Waals surface area contributed by atoms with Crippen LogP contribution in [0.2, 0.25) is 0 Å². The highest BCUT2D eigenvalue weighted by atomic mass is 15.5. The van der Waals surface area contributed by atoms with Gasteiger partial charge in [-0.05, 0) is 54.4 Å². The molecule has 6 heteroatoms. The fraction of sp³-hybridized carbons (Fsp3) is 0.211. The molecule has 0 radical (unpaired) electrons. The van der Waals surface area contributed by atoms with E-state index in [0.717, 1.165) is 23.0 Å². The van der Waals surface area contributed by atoms with E-state index >= 15 is 0 Å². The Kier molecular flexibility index (Phi) is 5.70. The van der Waals surface area contributed by atoms with E-state index < -0.39 is 10.8 Å². The van der Waals surface area contributed by atoms with Crippen LogP contribution in [0.1, 0.15) is 25.0 Å². The van der Waals surface area contributed by atoms with Crippen LogP contribution >= 0.6 is 0 Å². The van der Waals surface area contributed by atoms with Crippen molar-refractivity contribution in [2.24, 2.45) is 5.41 Å². The lowest BCUT2D eigenvalue weighted by atomic mass is 9.55. The number of benzene rings is 4. The Morgan fingerprint density at radius 1 is 0.636 bits per heavy atom. The molecule has 0 spiro atoms. The SMILES string of the molecule is C=CC1(C)c2ccccc2N2c3ccccc3N(c3ccccc3)C2C1(C)C1N(C)c2nccnc2N1c1ccccc1C. The molecule has 0 N–H and O–H groups in total. The molecule has 0 amide bonds. The van der Waals surface area contributed by atoms with E-state index in [1.54, 1.807) is 12.4 Å². The smallest absolute Gasteiger partial charge is 0.178 e. The third-order valence-corrected chi connectivity index (χ3v) is 10.5. The predicted molar refractivity (Wildman–Crippen MR) is 181 cm³/mol. The van der Waals surface area contributed by atoms with Crippen molar-refractivity contribution in [1.29, 1.82) is 0 Å². The summed E-state index contributed by atoms with van der Waals surface area (Å²) in [6, 6.07) is 37.1. The lowest BCUT2D eigenvalue weighted by molar-refractivity contribution is 0.108. The summed E-state index contributed by atoms with van der Waals surface area (Å²) in [5.41, 5.74) is 7.34. The second-order valence-corrected chi connectivity index (χ2v) is 12.5. The van der Waals surface area contributed by atoms with Gasteiger partial charge in [0, 0.05) is 41.9 Å². The van der Waals surface area contributed by atoms with Gasteiger partial charge in [0.2, 0.25) is 0 Å². The summed E-state index contributed by atoms with van der Waals surface area (Å²) in [6.45, 7) is 11.6. The van der Waals surface area contributed by atoms with Crippen LogP contribution in [0, 0.1) is 12.3 Å². The average molecular weight is 577 g/mol. The van der Waals surface area contributed by atoms with Crippen molar-refractivity contribution < 1.29 is 0 Å². The second-order valence-electron chi connectivity index (χ2n) is 12.5. The fourth-order valence-electron chi connectivity index (χ4n) is 8.23. The van der Waals surface area contributed by atoms with Crippen molar-refractivity contribution in [2.75, 3.05) is 26.6 Å². The molecule has 5 aromatic rings. The van der Waals surface area contributed by atoms with E-state index in [1.165, 1.54) is 28.2 Å². The van der Waals surface area contributed by atoms with Gasteiger partial charge < -0.3 is 19.6 Å². The van der Waals surface area contributed by atoms with Gasteiger partial charge >= 0.3 is 0 Å². The molecule has 1 aromatic heterocycles. The topological polar surface area (TPSA) is 38.7 Å². The highest BCUT2D eigenvalue weighted by molar-refractivity contribution is 5.92. The van der Waals surface area contributed by atoms with Gasteiger partial charge in [0.05, 0.1) is 16.8 Å². The number of fused-ring (bicyclic) bond motifs is 6. The Hall–Kier alpha value is -5.10. The number of aryl methyl sites for hydroxylation is 1. The Bertz CT molecular complexity index is 1900. The van der Waals surface area contributed by atoms with Gasteiger partial charge in [-0.2, -0.15) is 0 Å². The first kappa shape index (κ1) is 26.5. The normalized spacial score (nSPS) is 24.9. The van der Waals surface area contributed by atoms with Crippen molar-refractivity contribution >= 4 is 40.1 Å². The molecule has 0 saturated carbocycles. The van der Waals surface area contributed by atoms with Crippen LogP contribution in [-0.2, 0) is 5.41 Å². The van der Waals surface area contributed by atoms with Crippen molar-refractivity contribution in [3.05, 3.63) is 139 Å². The van der Waals surface area contributed by atoms with E-state index in [1.807, 2.05) is 0 Å². The molecule has 0 aliphatic carbocycles. The molecule has 44 heavy (non-hydrogen) atoms. The summed E-state index contributed by atoms with van der Waals surface area (Å²) in [4.78, 5) is 19.8. The third-order valence-electron chi connectivity index (χ3n) is 10.5. The molecule has 0 saturated heterocycles. The monoisotopic (exact) mass is 576 g/mol. The van der Waals surface area contributed by atoms with Crippen LogP contribution < -0.4 is 19.6 Å². The van der Waals surface area contributed by atoms with Gasteiger partial charge in [-0.15, -0.1) is 6.58 Å². The zero-order chi connectivity index (χ0) is 30.2. The minimum absolute atomic E-state index is 0.117. The van der Waals surface area contributed by atoms with Crippen LogP contribution in [0.5, 0.6) is 0 Å². The second kappa shape index (κ2) is 9.45. The Morgan fingerprint density at radius 3 is 1.89 bits per heavy atom. The van der Waals surface area contributed by atoms with Gasteiger partial charge in [0.15, 0.2) is 11.6 Å². The van der Waals surface area contributed by atoms with Crippen molar-refractivity contribution in [2.45, 2.75) is 38.5 Å². The Labute approximate surface area is 259 Å². The van der Waals surface area contributed by atoms with E-state index in [0.29, 0.717) is 0 Å². The molecule has 3 aliphatic rings. The average Bonchev–Trinajstić information content (AvgIpc) is 3.57.